The SMILES string of the molecule is CC(CNC(=O)[C@@H](N)Cc1ccccc1)COCc1ccccc1. The molecule has 2 aromatic carbocycles. The van der Waals surface area contributed by atoms with E-state index in [1.54, 1.807) is 0 Å². The highest BCUT2D eigenvalue weighted by molar-refractivity contribution is 5.81. The standard InChI is InChI=1S/C20H26N2O2/c1-16(14-24-15-18-10-6-3-7-11-18)13-22-20(23)19(21)12-17-8-4-2-5-9-17/h2-11,16,19H,12-15,21H2,1H3,(H,22,23)/t16?,19-/m0/s1. The molecule has 0 aliphatic rings. The zero-order valence-electron chi connectivity index (χ0n) is 14.2. The molecule has 128 valence electrons. The Morgan fingerprint density at radius 1 is 1.04 bits per heavy atom. The van der Waals surface area contributed by atoms with Gasteiger partial charge in [-0.1, -0.05) is 67.6 Å². The van der Waals surface area contributed by atoms with Crippen molar-refractivity contribution in [2.24, 2.45) is 11.7 Å². The topological polar surface area (TPSA) is 64.4 Å². The first kappa shape index (κ1) is 18.2. The summed E-state index contributed by atoms with van der Waals surface area (Å²) < 4.78 is 5.69. The number of carbonyl (C=O) groups is 1. The first-order valence-electron chi connectivity index (χ1n) is 8.34. The van der Waals surface area contributed by atoms with Crippen molar-refractivity contribution in [3.05, 3.63) is 71.8 Å². The van der Waals surface area contributed by atoms with Gasteiger partial charge in [-0.05, 0) is 23.5 Å². The smallest absolute Gasteiger partial charge is 0.237 e. The van der Waals surface area contributed by atoms with E-state index in [2.05, 4.69) is 5.32 Å². The molecule has 2 aromatic rings. The highest BCUT2D eigenvalue weighted by Gasteiger charge is 2.14. The quantitative estimate of drug-likeness (QED) is 0.744. The predicted molar refractivity (Wildman–Crippen MR) is 96.4 cm³/mol. The van der Waals surface area contributed by atoms with Gasteiger partial charge in [-0.25, -0.2) is 0 Å². The molecule has 1 unspecified atom stereocenters. The van der Waals surface area contributed by atoms with E-state index in [1.165, 1.54) is 0 Å². The molecule has 24 heavy (non-hydrogen) atoms. The first-order valence-corrected chi connectivity index (χ1v) is 8.34. The Labute approximate surface area is 144 Å². The molecule has 0 aliphatic heterocycles. The minimum Gasteiger partial charge on any atom is -0.376 e. The van der Waals surface area contributed by atoms with Crippen LogP contribution < -0.4 is 11.1 Å². The Bertz CT molecular complexity index is 602. The lowest BCUT2D eigenvalue weighted by Crippen LogP contribution is -2.43. The molecule has 3 N–H and O–H groups in total. The van der Waals surface area contributed by atoms with Crippen molar-refractivity contribution in [3.63, 3.8) is 0 Å². The van der Waals surface area contributed by atoms with Gasteiger partial charge in [-0.3, -0.25) is 4.79 Å². The summed E-state index contributed by atoms with van der Waals surface area (Å²) in [5, 5.41) is 2.91. The van der Waals surface area contributed by atoms with Crippen LogP contribution in [0.25, 0.3) is 0 Å². The van der Waals surface area contributed by atoms with E-state index in [-0.39, 0.29) is 11.8 Å². The van der Waals surface area contributed by atoms with Gasteiger partial charge in [0.1, 0.15) is 0 Å². The van der Waals surface area contributed by atoms with Gasteiger partial charge in [-0.2, -0.15) is 0 Å². The van der Waals surface area contributed by atoms with Crippen LogP contribution in [-0.4, -0.2) is 25.1 Å². The van der Waals surface area contributed by atoms with Crippen molar-refractivity contribution >= 4 is 5.91 Å². The summed E-state index contributed by atoms with van der Waals surface area (Å²) in [7, 11) is 0. The number of rotatable bonds is 9. The molecule has 0 aromatic heterocycles. The van der Waals surface area contributed by atoms with E-state index >= 15 is 0 Å². The Kier molecular flexibility index (Phi) is 7.46. The number of hydrogen-bond donors (Lipinski definition) is 2. The van der Waals surface area contributed by atoms with Gasteiger partial charge in [0, 0.05) is 6.54 Å². The number of nitrogens with one attached hydrogen (secondary N) is 1. The lowest BCUT2D eigenvalue weighted by Gasteiger charge is -2.16. The van der Waals surface area contributed by atoms with Gasteiger partial charge in [0.2, 0.25) is 5.91 Å². The number of hydrogen-bond acceptors (Lipinski definition) is 3. The van der Waals surface area contributed by atoms with Crippen LogP contribution in [0.15, 0.2) is 60.7 Å². The maximum Gasteiger partial charge on any atom is 0.237 e. The number of amides is 1. The Balaban J connectivity index is 1.63. The van der Waals surface area contributed by atoms with E-state index in [0.717, 1.165) is 11.1 Å². The molecule has 0 radical (unpaired) electrons. The van der Waals surface area contributed by atoms with Gasteiger partial charge in [-0.15, -0.1) is 0 Å². The normalized spacial score (nSPS) is 13.2. The third-order valence-electron chi connectivity index (χ3n) is 3.77. The minimum atomic E-state index is -0.523. The summed E-state index contributed by atoms with van der Waals surface area (Å²) in [4.78, 5) is 12.1. The number of benzene rings is 2. The van der Waals surface area contributed by atoms with Crippen LogP contribution in [0.1, 0.15) is 18.1 Å². The summed E-state index contributed by atoms with van der Waals surface area (Å²) in [6, 6.07) is 19.3. The molecular formula is C20H26N2O2. The van der Waals surface area contributed by atoms with Gasteiger partial charge in [0.25, 0.3) is 0 Å². The van der Waals surface area contributed by atoms with Crippen molar-refractivity contribution in [1.29, 1.82) is 0 Å². The summed E-state index contributed by atoms with van der Waals surface area (Å²) in [5.74, 6) is 0.121. The molecule has 4 heteroatoms. The van der Waals surface area contributed by atoms with Crippen LogP contribution in [-0.2, 0) is 22.6 Å². The van der Waals surface area contributed by atoms with Crippen LogP contribution in [0.2, 0.25) is 0 Å². The van der Waals surface area contributed by atoms with E-state index in [9.17, 15) is 4.79 Å². The second-order valence-electron chi connectivity index (χ2n) is 6.15. The Morgan fingerprint density at radius 3 is 2.25 bits per heavy atom. The van der Waals surface area contributed by atoms with Gasteiger partial charge < -0.3 is 15.8 Å². The van der Waals surface area contributed by atoms with E-state index in [4.69, 9.17) is 10.5 Å². The van der Waals surface area contributed by atoms with E-state index in [1.807, 2.05) is 67.6 Å². The van der Waals surface area contributed by atoms with Crippen LogP contribution in [0.3, 0.4) is 0 Å². The van der Waals surface area contributed by atoms with E-state index < -0.39 is 6.04 Å². The molecule has 0 spiro atoms. The predicted octanol–water partition coefficient (Wildman–Crippen LogP) is 2.53. The van der Waals surface area contributed by atoms with Gasteiger partial charge >= 0.3 is 0 Å². The molecular weight excluding hydrogens is 300 g/mol. The van der Waals surface area contributed by atoms with Crippen molar-refractivity contribution in [2.75, 3.05) is 13.2 Å². The monoisotopic (exact) mass is 326 g/mol. The summed E-state index contributed by atoms with van der Waals surface area (Å²) >= 11 is 0. The summed E-state index contributed by atoms with van der Waals surface area (Å²) in [6.07, 6.45) is 0.547. The molecule has 0 fully saturated rings. The number of carbonyl (C=O) groups excluding carboxylic acids is 1. The largest absolute Gasteiger partial charge is 0.376 e. The number of nitrogens with two attached hydrogens (primary N) is 1. The second kappa shape index (κ2) is 9.85. The van der Waals surface area contributed by atoms with E-state index in [0.29, 0.717) is 26.2 Å². The average Bonchev–Trinajstić information content (AvgIpc) is 2.61. The Morgan fingerprint density at radius 2 is 1.62 bits per heavy atom. The highest BCUT2D eigenvalue weighted by atomic mass is 16.5. The molecule has 0 aliphatic carbocycles. The van der Waals surface area contributed by atoms with Gasteiger partial charge in [0.15, 0.2) is 0 Å². The first-order chi connectivity index (χ1) is 11.6. The van der Waals surface area contributed by atoms with Crippen LogP contribution in [0, 0.1) is 5.92 Å². The lowest BCUT2D eigenvalue weighted by atomic mass is 10.1. The van der Waals surface area contributed by atoms with Crippen molar-refractivity contribution in [3.8, 4) is 0 Å². The zero-order chi connectivity index (χ0) is 17.2. The third kappa shape index (κ3) is 6.52. The molecule has 2 rings (SSSR count). The fraction of sp³-hybridized carbons (Fsp3) is 0.350. The average molecular weight is 326 g/mol. The third-order valence-corrected chi connectivity index (χ3v) is 3.77. The molecule has 0 saturated carbocycles. The van der Waals surface area contributed by atoms with Crippen LogP contribution >= 0.6 is 0 Å². The van der Waals surface area contributed by atoms with Crippen LogP contribution in [0.4, 0.5) is 0 Å². The summed E-state index contributed by atoms with van der Waals surface area (Å²) in [5.41, 5.74) is 8.19. The fourth-order valence-corrected chi connectivity index (χ4v) is 2.38. The highest BCUT2D eigenvalue weighted by Crippen LogP contribution is 2.04. The second-order valence-corrected chi connectivity index (χ2v) is 6.15. The fourth-order valence-electron chi connectivity index (χ4n) is 2.38. The molecule has 4 nitrogen and oxygen atoms in total. The Hall–Kier alpha value is -2.17. The molecule has 0 bridgehead atoms. The summed E-state index contributed by atoms with van der Waals surface area (Å²) in [6.45, 7) is 3.81. The lowest BCUT2D eigenvalue weighted by molar-refractivity contribution is -0.122. The number of ether oxygens (including phenoxy) is 1. The molecule has 2 atom stereocenters. The maximum atomic E-state index is 12.1. The minimum absolute atomic E-state index is 0.117. The van der Waals surface area contributed by atoms with Crippen molar-refractivity contribution in [1.82, 2.24) is 5.32 Å². The van der Waals surface area contributed by atoms with Crippen molar-refractivity contribution in [2.45, 2.75) is 26.0 Å². The molecule has 0 heterocycles. The molecule has 1 amide bonds. The molecule has 0 saturated heterocycles. The van der Waals surface area contributed by atoms with Crippen LogP contribution in [0.5, 0.6) is 0 Å². The zero-order valence-corrected chi connectivity index (χ0v) is 14.2. The van der Waals surface area contributed by atoms with Crippen molar-refractivity contribution < 1.29 is 9.53 Å². The maximum absolute atomic E-state index is 12.1. The van der Waals surface area contributed by atoms with Gasteiger partial charge in [0.05, 0.1) is 19.3 Å².